The van der Waals surface area contributed by atoms with E-state index in [4.69, 9.17) is 14.5 Å². The quantitative estimate of drug-likeness (QED) is 0.393. The molecular weight excluding hydrogens is 451 g/mol. The van der Waals surface area contributed by atoms with E-state index < -0.39 is 35.0 Å². The molecule has 4 atom stereocenters. The van der Waals surface area contributed by atoms with Gasteiger partial charge in [-0.25, -0.2) is 13.2 Å². The molecule has 2 heterocycles. The van der Waals surface area contributed by atoms with Crippen LogP contribution in [-0.4, -0.2) is 42.6 Å². The molecule has 0 aliphatic carbocycles. The number of benzene rings is 2. The lowest BCUT2D eigenvalue weighted by molar-refractivity contribution is -0.0436. The van der Waals surface area contributed by atoms with E-state index in [2.05, 4.69) is 0 Å². The molecule has 33 heavy (non-hydrogen) atoms. The molecular formula is C25H24F3NO3S. The van der Waals surface area contributed by atoms with Crippen LogP contribution < -0.4 is 0 Å². The number of rotatable bonds is 7. The Morgan fingerprint density at radius 1 is 1.27 bits per heavy atom. The molecule has 1 saturated heterocycles. The van der Waals surface area contributed by atoms with Gasteiger partial charge in [-0.15, -0.1) is 11.8 Å². The lowest BCUT2D eigenvalue weighted by atomic mass is 9.72. The smallest absolute Gasteiger partial charge is 0.169 e. The third-order valence-electron chi connectivity index (χ3n) is 6.06. The van der Waals surface area contributed by atoms with E-state index in [1.54, 1.807) is 30.3 Å². The number of halogens is 3. The van der Waals surface area contributed by atoms with Crippen LogP contribution >= 0.6 is 11.8 Å². The summed E-state index contributed by atoms with van der Waals surface area (Å²) in [5, 5.41) is -0.145. The summed E-state index contributed by atoms with van der Waals surface area (Å²) in [7, 11) is 1.51. The Morgan fingerprint density at radius 3 is 2.76 bits per heavy atom. The number of aliphatic imine (C=N–C) groups is 1. The Kier molecular flexibility index (Phi) is 7.24. The zero-order valence-corrected chi connectivity index (χ0v) is 18.9. The van der Waals surface area contributed by atoms with Gasteiger partial charge in [0.25, 0.3) is 0 Å². The largest absolute Gasteiger partial charge is 0.505 e. The van der Waals surface area contributed by atoms with Crippen LogP contribution in [0.4, 0.5) is 13.2 Å². The molecule has 174 valence electrons. The number of nitrogens with zero attached hydrogens (tertiary/aromatic N) is 1. The fourth-order valence-electron chi connectivity index (χ4n) is 4.50. The highest BCUT2D eigenvalue weighted by Gasteiger charge is 2.53. The number of hydrogen-bond donors (Lipinski definition) is 0. The second-order valence-corrected chi connectivity index (χ2v) is 9.40. The van der Waals surface area contributed by atoms with Gasteiger partial charge in [-0.3, -0.25) is 9.79 Å². The normalized spacial score (nSPS) is 27.2. The highest BCUT2D eigenvalue weighted by atomic mass is 32.2. The number of carbonyl (C=O) groups is 1. The Balaban J connectivity index is 1.76. The predicted molar refractivity (Wildman–Crippen MR) is 122 cm³/mol. The summed E-state index contributed by atoms with van der Waals surface area (Å²) in [6, 6.07) is 12.1. The van der Waals surface area contributed by atoms with Gasteiger partial charge in [0.15, 0.2) is 5.78 Å². The van der Waals surface area contributed by atoms with Crippen LogP contribution in [0, 0.1) is 17.6 Å². The van der Waals surface area contributed by atoms with Gasteiger partial charge in [0, 0.05) is 28.4 Å². The summed E-state index contributed by atoms with van der Waals surface area (Å²) >= 11 is 1.22. The van der Waals surface area contributed by atoms with Crippen molar-refractivity contribution < 1.29 is 27.4 Å². The SMILES string of the molecule is CO/C=C/[C@H]1C[C@H]2[C@@H](CF)SC(CC(=O)c3ccccc3)=N[C@@]2(c2ccc(F)cc2F)CO1. The van der Waals surface area contributed by atoms with E-state index in [-0.39, 0.29) is 30.5 Å². The van der Waals surface area contributed by atoms with Gasteiger partial charge in [0.05, 0.1) is 37.5 Å². The molecule has 0 bridgehead atoms. The summed E-state index contributed by atoms with van der Waals surface area (Å²) in [5.41, 5.74) is -0.596. The van der Waals surface area contributed by atoms with Gasteiger partial charge < -0.3 is 9.47 Å². The molecule has 8 heteroatoms. The van der Waals surface area contributed by atoms with E-state index in [1.165, 1.54) is 31.2 Å². The number of fused-ring (bicyclic) bond motifs is 1. The molecule has 2 aliphatic rings. The first kappa shape index (κ1) is 23.6. The average Bonchev–Trinajstić information content (AvgIpc) is 2.82. The van der Waals surface area contributed by atoms with Crippen molar-refractivity contribution in [2.24, 2.45) is 10.9 Å². The number of carbonyl (C=O) groups excluding carboxylic acids is 1. The number of ether oxygens (including phenoxy) is 2. The van der Waals surface area contributed by atoms with Crippen molar-refractivity contribution in [1.29, 1.82) is 0 Å². The van der Waals surface area contributed by atoms with Crippen LogP contribution in [0.1, 0.15) is 28.8 Å². The summed E-state index contributed by atoms with van der Waals surface area (Å²) in [5.74, 6) is -2.07. The summed E-state index contributed by atoms with van der Waals surface area (Å²) < 4.78 is 54.0. The van der Waals surface area contributed by atoms with E-state index in [1.807, 2.05) is 6.07 Å². The van der Waals surface area contributed by atoms with Crippen molar-refractivity contribution in [3.63, 3.8) is 0 Å². The fourth-order valence-corrected chi connectivity index (χ4v) is 5.84. The number of thioether (sulfide) groups is 1. The first-order chi connectivity index (χ1) is 16.0. The van der Waals surface area contributed by atoms with Crippen molar-refractivity contribution in [2.75, 3.05) is 20.4 Å². The first-order valence-corrected chi connectivity index (χ1v) is 11.5. The van der Waals surface area contributed by atoms with Crippen LogP contribution in [0.3, 0.4) is 0 Å². The Hall–Kier alpha value is -2.58. The zero-order chi connectivity index (χ0) is 23.4. The van der Waals surface area contributed by atoms with E-state index in [0.29, 0.717) is 17.0 Å². The molecule has 4 rings (SSSR count). The molecule has 0 N–H and O–H groups in total. The number of hydrogen-bond acceptors (Lipinski definition) is 5. The predicted octanol–water partition coefficient (Wildman–Crippen LogP) is 5.48. The molecule has 2 aromatic rings. The van der Waals surface area contributed by atoms with Crippen LogP contribution in [-0.2, 0) is 15.0 Å². The molecule has 0 unspecified atom stereocenters. The van der Waals surface area contributed by atoms with Crippen molar-refractivity contribution in [1.82, 2.24) is 0 Å². The minimum absolute atomic E-state index is 0.0287. The zero-order valence-electron chi connectivity index (χ0n) is 18.0. The summed E-state index contributed by atoms with van der Waals surface area (Å²) in [4.78, 5) is 17.6. The van der Waals surface area contributed by atoms with Crippen LogP contribution in [0.5, 0.6) is 0 Å². The highest BCUT2D eigenvalue weighted by molar-refractivity contribution is 8.14. The lowest BCUT2D eigenvalue weighted by Crippen LogP contribution is -2.53. The number of Topliss-reactive ketones (excluding diaryl/α,β-unsaturated/α-hetero) is 1. The van der Waals surface area contributed by atoms with Crippen molar-refractivity contribution in [2.45, 2.75) is 29.7 Å². The summed E-state index contributed by atoms with van der Waals surface area (Å²) in [6.45, 7) is -0.710. The Bertz CT molecular complexity index is 1060. The first-order valence-electron chi connectivity index (χ1n) is 10.6. The average molecular weight is 476 g/mol. The van der Waals surface area contributed by atoms with Crippen LogP contribution in [0.15, 0.2) is 65.9 Å². The number of alkyl halides is 1. The maximum atomic E-state index is 15.0. The molecule has 4 nitrogen and oxygen atoms in total. The fraction of sp³-hybridized carbons (Fsp3) is 0.360. The second kappa shape index (κ2) is 10.1. The van der Waals surface area contributed by atoms with E-state index in [0.717, 1.165) is 12.1 Å². The topological polar surface area (TPSA) is 47.9 Å². The van der Waals surface area contributed by atoms with E-state index >= 15 is 4.39 Å². The lowest BCUT2D eigenvalue weighted by Gasteiger charge is -2.49. The van der Waals surface area contributed by atoms with Gasteiger partial charge in [0.1, 0.15) is 23.8 Å². The van der Waals surface area contributed by atoms with Crippen molar-refractivity contribution >= 4 is 22.6 Å². The molecule has 0 aromatic heterocycles. The van der Waals surface area contributed by atoms with Gasteiger partial charge in [0.2, 0.25) is 0 Å². The molecule has 0 saturated carbocycles. The van der Waals surface area contributed by atoms with Gasteiger partial charge >= 0.3 is 0 Å². The molecule has 2 aliphatic heterocycles. The monoisotopic (exact) mass is 475 g/mol. The van der Waals surface area contributed by atoms with Gasteiger partial charge in [-0.05, 0) is 18.6 Å². The third kappa shape index (κ3) is 4.87. The molecule has 0 radical (unpaired) electrons. The number of methoxy groups -OCH3 is 1. The van der Waals surface area contributed by atoms with E-state index in [9.17, 15) is 13.6 Å². The molecule has 0 amide bonds. The minimum atomic E-state index is -1.26. The highest BCUT2D eigenvalue weighted by Crippen LogP contribution is 2.51. The third-order valence-corrected chi connectivity index (χ3v) is 7.33. The standard InChI is InChI=1S/C25H24F3NO3S/c1-31-10-9-18-12-20-23(14-26)33-24(13-22(30)16-5-3-2-4-6-16)29-25(20,15-32-18)19-8-7-17(27)11-21(19)28/h2-11,18,20,23H,12-15H2,1H3/b10-9+/t18-,20-,23+,25+/m0/s1. The summed E-state index contributed by atoms with van der Waals surface area (Å²) in [6.07, 6.45) is 3.20. The minimum Gasteiger partial charge on any atom is -0.505 e. The van der Waals surface area contributed by atoms with Crippen LogP contribution in [0.25, 0.3) is 0 Å². The van der Waals surface area contributed by atoms with Crippen LogP contribution in [0.2, 0.25) is 0 Å². The van der Waals surface area contributed by atoms with Gasteiger partial charge in [-0.2, -0.15) is 0 Å². The maximum Gasteiger partial charge on any atom is 0.169 e. The molecule has 1 fully saturated rings. The van der Waals surface area contributed by atoms with Crippen molar-refractivity contribution in [3.05, 3.63) is 83.6 Å². The van der Waals surface area contributed by atoms with Crippen molar-refractivity contribution in [3.8, 4) is 0 Å². The number of ketones is 1. The molecule has 2 aromatic carbocycles. The Morgan fingerprint density at radius 2 is 2.06 bits per heavy atom. The van der Waals surface area contributed by atoms with Gasteiger partial charge in [-0.1, -0.05) is 36.4 Å². The maximum absolute atomic E-state index is 15.0. The molecule has 0 spiro atoms. The Labute approximate surface area is 194 Å². The second-order valence-electron chi connectivity index (χ2n) is 8.09.